The van der Waals surface area contributed by atoms with E-state index in [4.69, 9.17) is 24.6 Å². The lowest BCUT2D eigenvalue weighted by Crippen LogP contribution is -2.52. The lowest BCUT2D eigenvalue weighted by atomic mass is 10.1. The van der Waals surface area contributed by atoms with Gasteiger partial charge in [0.2, 0.25) is 0 Å². The number of para-hydroxylation sites is 1. The van der Waals surface area contributed by atoms with Crippen LogP contribution in [-0.2, 0) is 38.2 Å². The topological polar surface area (TPSA) is 228 Å². The number of unbranched alkanes of at least 4 members (excludes halogenated alkanes) is 2. The number of carbonyl (C=O) groups excluding carboxylic acids is 5. The van der Waals surface area contributed by atoms with Gasteiger partial charge in [0, 0.05) is 6.42 Å². The number of benzene rings is 1. The molecular formula is C23H32N2O14. The highest BCUT2D eigenvalue weighted by molar-refractivity contribution is 5.95. The van der Waals surface area contributed by atoms with E-state index in [2.05, 4.69) is 14.9 Å². The first kappa shape index (κ1) is 33.4. The standard InChI is InChI=1S/C23H32N2O14/c1-23(14-26,15-27)24-18(28)11-37-22(32)16-7-4-5-8-17(16)39-21(31)13-36-20(30)12-35-19(29)9-3-2-6-10-38-25(33)34/h4-5,7-8,26-27,33-34H,2-3,6,9-15H2,1H3,(H,24,28). The van der Waals surface area contributed by atoms with E-state index in [-0.39, 0.29) is 24.3 Å². The third-order valence-electron chi connectivity index (χ3n) is 4.74. The SMILES string of the molecule is CC(CO)(CO)NC(=O)COC(=O)c1ccccc1OC(=O)COC(=O)COC(=O)CCCCCON(O)O. The maximum absolute atomic E-state index is 12.4. The van der Waals surface area contributed by atoms with Crippen LogP contribution in [0.4, 0.5) is 0 Å². The van der Waals surface area contributed by atoms with Crippen LogP contribution >= 0.6 is 0 Å². The van der Waals surface area contributed by atoms with E-state index in [9.17, 15) is 34.2 Å². The molecule has 5 N–H and O–H groups in total. The highest BCUT2D eigenvalue weighted by Gasteiger charge is 2.25. The van der Waals surface area contributed by atoms with Gasteiger partial charge in [-0.05, 0) is 31.9 Å². The Bertz CT molecular complexity index is 964. The molecule has 0 atom stereocenters. The summed E-state index contributed by atoms with van der Waals surface area (Å²) in [5.74, 6) is -4.79. The van der Waals surface area contributed by atoms with Crippen LogP contribution in [0.25, 0.3) is 0 Å². The van der Waals surface area contributed by atoms with E-state index >= 15 is 0 Å². The number of hydrogen-bond donors (Lipinski definition) is 5. The van der Waals surface area contributed by atoms with Gasteiger partial charge < -0.3 is 34.5 Å². The monoisotopic (exact) mass is 560 g/mol. The molecule has 0 unspecified atom stereocenters. The predicted molar refractivity (Wildman–Crippen MR) is 125 cm³/mol. The molecule has 1 aromatic carbocycles. The first-order valence-electron chi connectivity index (χ1n) is 11.6. The van der Waals surface area contributed by atoms with Gasteiger partial charge >= 0.3 is 23.9 Å². The van der Waals surface area contributed by atoms with Gasteiger partial charge in [0.25, 0.3) is 5.91 Å². The average Bonchev–Trinajstić information content (AvgIpc) is 2.91. The Balaban J connectivity index is 2.41. The van der Waals surface area contributed by atoms with E-state index < -0.39 is 73.7 Å². The zero-order valence-corrected chi connectivity index (χ0v) is 21.2. The summed E-state index contributed by atoms with van der Waals surface area (Å²) in [6.45, 7) is -2.03. The van der Waals surface area contributed by atoms with Crippen LogP contribution < -0.4 is 10.1 Å². The molecule has 0 aromatic heterocycles. The molecule has 0 saturated carbocycles. The van der Waals surface area contributed by atoms with Gasteiger partial charge in [0.05, 0.1) is 30.7 Å². The smallest absolute Gasteiger partial charge is 0.349 e. The first-order chi connectivity index (χ1) is 18.5. The number of aliphatic hydroxyl groups excluding tert-OH is 2. The summed E-state index contributed by atoms with van der Waals surface area (Å²) >= 11 is 0. The number of nitrogens with one attached hydrogen (secondary N) is 1. The van der Waals surface area contributed by atoms with Gasteiger partial charge in [-0.25, -0.2) is 14.4 Å². The van der Waals surface area contributed by atoms with Crippen LogP contribution in [-0.4, -0.2) is 101 Å². The molecule has 0 aliphatic heterocycles. The molecule has 0 radical (unpaired) electrons. The van der Waals surface area contributed by atoms with Crippen LogP contribution in [0.5, 0.6) is 5.75 Å². The van der Waals surface area contributed by atoms with Crippen LogP contribution in [0.2, 0.25) is 0 Å². The van der Waals surface area contributed by atoms with Crippen LogP contribution in [0.15, 0.2) is 24.3 Å². The number of ether oxygens (including phenoxy) is 4. The number of esters is 4. The zero-order chi connectivity index (χ0) is 29.3. The lowest BCUT2D eigenvalue weighted by Gasteiger charge is -2.25. The summed E-state index contributed by atoms with van der Waals surface area (Å²) in [4.78, 5) is 64.1. The number of nitrogens with zero attached hydrogens (tertiary/aromatic N) is 1. The van der Waals surface area contributed by atoms with Gasteiger partial charge in [-0.2, -0.15) is 0 Å². The number of amides is 1. The van der Waals surface area contributed by atoms with Crippen LogP contribution in [0.1, 0.15) is 43.0 Å². The fourth-order valence-corrected chi connectivity index (χ4v) is 2.67. The van der Waals surface area contributed by atoms with Crippen molar-refractivity contribution in [3.05, 3.63) is 29.8 Å². The second-order valence-corrected chi connectivity index (χ2v) is 8.19. The molecule has 0 spiro atoms. The largest absolute Gasteiger partial charge is 0.454 e. The van der Waals surface area contributed by atoms with Crippen molar-refractivity contribution in [2.45, 2.75) is 38.1 Å². The summed E-state index contributed by atoms with van der Waals surface area (Å²) < 4.78 is 19.3. The molecule has 0 aliphatic carbocycles. The van der Waals surface area contributed by atoms with E-state index in [0.717, 1.165) is 0 Å². The van der Waals surface area contributed by atoms with E-state index in [0.29, 0.717) is 19.3 Å². The Morgan fingerprint density at radius 1 is 0.846 bits per heavy atom. The molecule has 0 heterocycles. The Morgan fingerprint density at radius 3 is 2.15 bits per heavy atom. The van der Waals surface area contributed by atoms with Crippen LogP contribution in [0, 0.1) is 0 Å². The molecule has 0 bridgehead atoms. The van der Waals surface area contributed by atoms with E-state index in [1.54, 1.807) is 0 Å². The molecule has 0 aliphatic rings. The second kappa shape index (κ2) is 17.8. The fraction of sp³-hybridized carbons (Fsp3) is 0.522. The van der Waals surface area contributed by atoms with Gasteiger partial charge in [0.15, 0.2) is 19.8 Å². The minimum Gasteiger partial charge on any atom is -0.454 e. The van der Waals surface area contributed by atoms with E-state index in [1.807, 2.05) is 0 Å². The number of rotatable bonds is 18. The molecule has 39 heavy (non-hydrogen) atoms. The molecular weight excluding hydrogens is 528 g/mol. The normalized spacial score (nSPS) is 11.0. The molecule has 16 nitrogen and oxygen atoms in total. The Morgan fingerprint density at radius 2 is 1.49 bits per heavy atom. The maximum atomic E-state index is 12.4. The molecule has 218 valence electrons. The number of hydrogen-bond acceptors (Lipinski definition) is 15. The molecule has 0 fully saturated rings. The second-order valence-electron chi connectivity index (χ2n) is 8.19. The number of aliphatic hydroxyl groups is 2. The van der Waals surface area contributed by atoms with Crippen LogP contribution in [0.3, 0.4) is 0 Å². The van der Waals surface area contributed by atoms with Crippen molar-refractivity contribution in [1.29, 1.82) is 0 Å². The third-order valence-corrected chi connectivity index (χ3v) is 4.74. The van der Waals surface area contributed by atoms with Crippen molar-refractivity contribution in [1.82, 2.24) is 10.7 Å². The van der Waals surface area contributed by atoms with Gasteiger partial charge in [-0.15, -0.1) is 0 Å². The molecule has 1 rings (SSSR count). The Hall–Kier alpha value is -3.67. The van der Waals surface area contributed by atoms with Gasteiger partial charge in [-0.3, -0.25) is 24.8 Å². The van der Waals surface area contributed by atoms with Gasteiger partial charge in [0.1, 0.15) is 11.3 Å². The Kier molecular flexibility index (Phi) is 15.2. The summed E-state index contributed by atoms with van der Waals surface area (Å²) in [5.41, 5.74) is -1.52. The maximum Gasteiger partial charge on any atom is 0.349 e. The third kappa shape index (κ3) is 14.2. The lowest BCUT2D eigenvalue weighted by molar-refractivity contribution is -0.492. The predicted octanol–water partition coefficient (Wildman–Crippen LogP) is -0.733. The fourth-order valence-electron chi connectivity index (χ4n) is 2.67. The average molecular weight is 561 g/mol. The summed E-state index contributed by atoms with van der Waals surface area (Å²) in [7, 11) is 0. The van der Waals surface area contributed by atoms with Gasteiger partial charge in [-0.1, -0.05) is 18.6 Å². The summed E-state index contributed by atoms with van der Waals surface area (Å²) in [6, 6.07) is 5.43. The Labute approximate surface area is 222 Å². The quantitative estimate of drug-likeness (QED) is 0.0490. The highest BCUT2D eigenvalue weighted by atomic mass is 17.1. The summed E-state index contributed by atoms with van der Waals surface area (Å²) in [6.07, 6.45) is 1.36. The zero-order valence-electron chi connectivity index (χ0n) is 21.2. The molecule has 0 saturated heterocycles. The summed E-state index contributed by atoms with van der Waals surface area (Å²) in [5, 5.41) is 37.0. The highest BCUT2D eigenvalue weighted by Crippen LogP contribution is 2.19. The minimum absolute atomic E-state index is 0.00594. The molecule has 1 amide bonds. The molecule has 1 aromatic rings. The van der Waals surface area contributed by atoms with Crippen molar-refractivity contribution in [3.63, 3.8) is 0 Å². The van der Waals surface area contributed by atoms with Crippen molar-refractivity contribution in [2.24, 2.45) is 0 Å². The first-order valence-corrected chi connectivity index (χ1v) is 11.6. The minimum atomic E-state index is -1.31. The van der Waals surface area contributed by atoms with Crippen molar-refractivity contribution in [3.8, 4) is 5.75 Å². The van der Waals surface area contributed by atoms with Crippen molar-refractivity contribution < 1.29 is 68.4 Å². The van der Waals surface area contributed by atoms with E-state index in [1.165, 1.54) is 31.2 Å². The number of carbonyl (C=O) groups is 5. The molecule has 16 heteroatoms. The van der Waals surface area contributed by atoms with Crippen molar-refractivity contribution in [2.75, 3.05) is 39.6 Å². The van der Waals surface area contributed by atoms with Crippen molar-refractivity contribution >= 4 is 29.8 Å².